The normalized spacial score (nSPS) is 10.4. The van der Waals surface area contributed by atoms with Gasteiger partial charge in [-0.05, 0) is 18.2 Å². The molecule has 1 aromatic heterocycles. The lowest BCUT2D eigenvalue weighted by Gasteiger charge is -1.88. The van der Waals surface area contributed by atoms with Crippen molar-refractivity contribution in [3.8, 4) is 0 Å². The van der Waals surface area contributed by atoms with Crippen LogP contribution in [0.3, 0.4) is 0 Å². The van der Waals surface area contributed by atoms with Crippen molar-refractivity contribution in [3.63, 3.8) is 0 Å². The fourth-order valence-electron chi connectivity index (χ4n) is 0.937. The van der Waals surface area contributed by atoms with E-state index in [4.69, 9.17) is 5.73 Å². The van der Waals surface area contributed by atoms with E-state index in [1.54, 1.807) is 18.3 Å². The molecule has 1 radical (unpaired) electrons. The molecule has 0 saturated heterocycles. The number of hydrogen-bond acceptors (Lipinski definition) is 1. The van der Waals surface area contributed by atoms with E-state index in [9.17, 15) is 0 Å². The SMILES string of the molecule is [NH]c1ccc2cn[nH]c2c1. The molecule has 0 atom stereocenters. The first-order chi connectivity index (χ1) is 4.86. The maximum atomic E-state index is 7.27. The van der Waals surface area contributed by atoms with Gasteiger partial charge in [0.25, 0.3) is 0 Å². The first-order valence-corrected chi connectivity index (χ1v) is 3.01. The van der Waals surface area contributed by atoms with E-state index in [1.807, 2.05) is 6.07 Å². The van der Waals surface area contributed by atoms with Crippen LogP contribution in [0.2, 0.25) is 0 Å². The largest absolute Gasteiger partial charge is 0.301 e. The van der Waals surface area contributed by atoms with Crippen LogP contribution in [0.15, 0.2) is 24.4 Å². The van der Waals surface area contributed by atoms with Crippen LogP contribution in [0.25, 0.3) is 10.9 Å². The summed E-state index contributed by atoms with van der Waals surface area (Å²) in [6.07, 6.45) is 1.74. The second kappa shape index (κ2) is 1.73. The molecule has 0 unspecified atom stereocenters. The number of hydrogen-bond donors (Lipinski definition) is 1. The Balaban J connectivity index is 2.86. The summed E-state index contributed by atoms with van der Waals surface area (Å²) >= 11 is 0. The zero-order valence-electron chi connectivity index (χ0n) is 5.26. The van der Waals surface area contributed by atoms with Crippen molar-refractivity contribution < 1.29 is 0 Å². The lowest BCUT2D eigenvalue weighted by Crippen LogP contribution is -1.69. The molecular weight excluding hydrogens is 126 g/mol. The van der Waals surface area contributed by atoms with E-state index in [0.29, 0.717) is 5.69 Å². The maximum Gasteiger partial charge on any atom is 0.0671 e. The summed E-state index contributed by atoms with van der Waals surface area (Å²) in [5.74, 6) is 0. The van der Waals surface area contributed by atoms with E-state index in [-0.39, 0.29) is 0 Å². The molecular formula is C7H6N3. The van der Waals surface area contributed by atoms with E-state index >= 15 is 0 Å². The van der Waals surface area contributed by atoms with Gasteiger partial charge < -0.3 is 5.73 Å². The van der Waals surface area contributed by atoms with Crippen LogP contribution in [0.4, 0.5) is 5.69 Å². The van der Waals surface area contributed by atoms with Crippen LogP contribution in [-0.2, 0) is 0 Å². The number of nitrogens with one attached hydrogen (secondary N) is 2. The van der Waals surface area contributed by atoms with E-state index in [2.05, 4.69) is 10.2 Å². The molecule has 0 fully saturated rings. The molecule has 0 aliphatic carbocycles. The summed E-state index contributed by atoms with van der Waals surface area (Å²) in [4.78, 5) is 0. The highest BCUT2D eigenvalue weighted by Gasteiger charge is 1.93. The summed E-state index contributed by atoms with van der Waals surface area (Å²) in [7, 11) is 0. The van der Waals surface area contributed by atoms with Crippen LogP contribution in [-0.4, -0.2) is 10.2 Å². The number of H-pyrrole nitrogens is 1. The van der Waals surface area contributed by atoms with Gasteiger partial charge >= 0.3 is 0 Å². The quantitative estimate of drug-likeness (QED) is 0.579. The van der Waals surface area contributed by atoms with Crippen molar-refractivity contribution in [3.05, 3.63) is 24.4 Å². The molecule has 49 valence electrons. The summed E-state index contributed by atoms with van der Waals surface area (Å²) in [5.41, 5.74) is 8.70. The Bertz CT molecular complexity index is 350. The molecule has 0 bridgehead atoms. The highest BCUT2D eigenvalue weighted by atomic mass is 15.1. The highest BCUT2D eigenvalue weighted by Crippen LogP contribution is 2.14. The predicted molar refractivity (Wildman–Crippen MR) is 38.9 cm³/mol. The second-order valence-corrected chi connectivity index (χ2v) is 2.17. The first kappa shape index (κ1) is 5.29. The van der Waals surface area contributed by atoms with Crippen LogP contribution in [0.5, 0.6) is 0 Å². The van der Waals surface area contributed by atoms with Crippen molar-refractivity contribution in [2.75, 3.05) is 0 Å². The Morgan fingerprint density at radius 3 is 3.20 bits per heavy atom. The third kappa shape index (κ3) is 0.639. The van der Waals surface area contributed by atoms with Gasteiger partial charge in [0.1, 0.15) is 0 Å². The van der Waals surface area contributed by atoms with E-state index in [1.165, 1.54) is 0 Å². The second-order valence-electron chi connectivity index (χ2n) is 2.17. The molecule has 2 rings (SSSR count). The molecule has 0 aliphatic heterocycles. The molecule has 2 aromatic rings. The minimum absolute atomic E-state index is 0.511. The van der Waals surface area contributed by atoms with Gasteiger partial charge in [0.15, 0.2) is 0 Å². The third-order valence-corrected chi connectivity index (χ3v) is 1.44. The molecule has 0 spiro atoms. The number of fused-ring (bicyclic) bond motifs is 1. The number of rotatable bonds is 0. The molecule has 10 heavy (non-hydrogen) atoms. The van der Waals surface area contributed by atoms with Crippen molar-refractivity contribution in [1.82, 2.24) is 15.9 Å². The van der Waals surface area contributed by atoms with Crippen molar-refractivity contribution in [2.24, 2.45) is 0 Å². The van der Waals surface area contributed by atoms with E-state index in [0.717, 1.165) is 10.9 Å². The van der Waals surface area contributed by atoms with Crippen molar-refractivity contribution in [2.45, 2.75) is 0 Å². The minimum atomic E-state index is 0.511. The summed E-state index contributed by atoms with van der Waals surface area (Å²) in [6, 6.07) is 5.38. The fraction of sp³-hybridized carbons (Fsp3) is 0. The molecule has 3 heteroatoms. The highest BCUT2D eigenvalue weighted by molar-refractivity contribution is 5.80. The van der Waals surface area contributed by atoms with Gasteiger partial charge in [-0.25, -0.2) is 0 Å². The van der Waals surface area contributed by atoms with Gasteiger partial charge in [-0.15, -0.1) is 0 Å². The number of nitrogens with zero attached hydrogens (tertiary/aromatic N) is 1. The maximum absolute atomic E-state index is 7.27. The number of aromatic amines is 1. The van der Waals surface area contributed by atoms with Gasteiger partial charge in [0.2, 0.25) is 0 Å². The third-order valence-electron chi connectivity index (χ3n) is 1.44. The van der Waals surface area contributed by atoms with Gasteiger partial charge in [-0.2, -0.15) is 5.10 Å². The molecule has 0 saturated carbocycles. The summed E-state index contributed by atoms with van der Waals surface area (Å²) in [6.45, 7) is 0. The zero-order valence-corrected chi connectivity index (χ0v) is 5.26. The van der Waals surface area contributed by atoms with Gasteiger partial charge in [-0.1, -0.05) is 0 Å². The molecule has 2 N–H and O–H groups in total. The molecule has 3 nitrogen and oxygen atoms in total. The Kier molecular flexibility index (Phi) is 0.917. The van der Waals surface area contributed by atoms with Gasteiger partial charge in [-0.3, -0.25) is 5.10 Å². The lowest BCUT2D eigenvalue weighted by atomic mass is 10.2. The minimum Gasteiger partial charge on any atom is -0.301 e. The zero-order chi connectivity index (χ0) is 6.97. The molecule has 1 heterocycles. The molecule has 0 amide bonds. The standard InChI is InChI=1S/C7H6N3/c8-6-2-1-5-4-9-10-7(5)3-6/h1-4,8H,(H,9,10). The van der Waals surface area contributed by atoms with Crippen LogP contribution >= 0.6 is 0 Å². The van der Waals surface area contributed by atoms with Crippen LogP contribution in [0, 0.1) is 0 Å². The average molecular weight is 132 g/mol. The number of aromatic nitrogens is 2. The first-order valence-electron chi connectivity index (χ1n) is 3.01. The Hall–Kier alpha value is -1.51. The predicted octanol–water partition coefficient (Wildman–Crippen LogP) is 1.48. The van der Waals surface area contributed by atoms with Crippen LogP contribution in [0.1, 0.15) is 0 Å². The van der Waals surface area contributed by atoms with E-state index < -0.39 is 0 Å². The van der Waals surface area contributed by atoms with Crippen molar-refractivity contribution in [1.29, 1.82) is 0 Å². The summed E-state index contributed by atoms with van der Waals surface area (Å²) in [5, 5.41) is 7.68. The Morgan fingerprint density at radius 2 is 2.30 bits per heavy atom. The molecule has 0 aliphatic rings. The smallest absolute Gasteiger partial charge is 0.0671 e. The van der Waals surface area contributed by atoms with Gasteiger partial charge in [0, 0.05) is 5.39 Å². The Morgan fingerprint density at radius 1 is 1.40 bits per heavy atom. The monoisotopic (exact) mass is 132 g/mol. The molecule has 1 aromatic carbocycles. The summed E-state index contributed by atoms with van der Waals surface area (Å²) < 4.78 is 0. The number of benzene rings is 1. The topological polar surface area (TPSA) is 52.5 Å². The van der Waals surface area contributed by atoms with Crippen LogP contribution < -0.4 is 5.73 Å². The van der Waals surface area contributed by atoms with Gasteiger partial charge in [0.05, 0.1) is 17.4 Å². The van der Waals surface area contributed by atoms with Crippen molar-refractivity contribution >= 4 is 16.6 Å². The lowest BCUT2D eigenvalue weighted by molar-refractivity contribution is 1.12. The fourth-order valence-corrected chi connectivity index (χ4v) is 0.937. The average Bonchev–Trinajstić information content (AvgIpc) is 2.33. The Labute approximate surface area is 57.9 Å².